The SMILES string of the molecule is [2H]/C(C=C)=C(\[2H])C=[N-].[2H]C=C([2H])/C([2H])=C(/[2H])C(=[N-])c1[c-]ccc2c1oc1nc(C)ccc12.[Ir].[c-]1ccccc1. The minimum Gasteiger partial charge on any atom is -0.855 e. The van der Waals surface area contributed by atoms with Crippen molar-refractivity contribution in [2.24, 2.45) is 0 Å². The van der Waals surface area contributed by atoms with Crippen LogP contribution in [0, 0.1) is 19.1 Å². The molecule has 0 saturated carbocycles. The van der Waals surface area contributed by atoms with Gasteiger partial charge in [-0.2, -0.15) is 42.6 Å². The smallest absolute Gasteiger partial charge is 0.216 e. The second-order valence-corrected chi connectivity index (χ2v) is 5.95. The van der Waals surface area contributed by atoms with E-state index in [1.54, 1.807) is 12.1 Å². The zero-order valence-electron chi connectivity index (χ0n) is 23.7. The van der Waals surface area contributed by atoms with Crippen LogP contribution in [0.15, 0.2) is 108 Å². The van der Waals surface area contributed by atoms with Crippen LogP contribution < -0.4 is 0 Å². The number of hydrogen-bond donors (Lipinski definition) is 0. The fraction of sp³-hybridized carbons (Fsp3) is 0.0357. The second-order valence-electron chi connectivity index (χ2n) is 5.95. The Labute approximate surface area is 216 Å². The van der Waals surface area contributed by atoms with Crippen LogP contribution in [-0.4, -0.2) is 16.9 Å². The third-order valence-corrected chi connectivity index (χ3v) is 3.78. The predicted octanol–water partition coefficient (Wildman–Crippen LogP) is 7.04. The maximum absolute atomic E-state index is 10.3. The molecule has 1 radical (unpaired) electrons. The van der Waals surface area contributed by atoms with Crippen molar-refractivity contribution >= 4 is 34.0 Å². The van der Waals surface area contributed by atoms with Gasteiger partial charge in [-0.1, -0.05) is 48.8 Å². The summed E-state index contributed by atoms with van der Waals surface area (Å²) in [6, 6.07) is 20.5. The molecule has 0 aliphatic rings. The Bertz CT molecular complexity index is 1500. The molecule has 4 rings (SSSR count). The maximum Gasteiger partial charge on any atom is 0.216 e. The van der Waals surface area contributed by atoms with Crippen molar-refractivity contribution in [3.8, 4) is 0 Å². The van der Waals surface area contributed by atoms with Crippen molar-refractivity contribution in [1.29, 1.82) is 0 Å². The number of fused-ring (bicyclic) bond motifs is 3. The molecule has 2 heterocycles. The van der Waals surface area contributed by atoms with E-state index in [1.807, 2.05) is 49.4 Å². The van der Waals surface area contributed by atoms with Gasteiger partial charge >= 0.3 is 0 Å². The summed E-state index contributed by atoms with van der Waals surface area (Å²) in [5.41, 5.74) is 1.09. The van der Waals surface area contributed by atoms with Gasteiger partial charge in [-0.05, 0) is 19.1 Å². The Morgan fingerprint density at radius 1 is 1.12 bits per heavy atom. The minimum absolute atomic E-state index is 0. The molecule has 2 aromatic heterocycles. The van der Waals surface area contributed by atoms with Gasteiger partial charge in [-0.15, -0.1) is 29.8 Å². The largest absolute Gasteiger partial charge is 0.855 e. The first-order valence-corrected chi connectivity index (χ1v) is 9.34. The zero-order chi connectivity index (χ0) is 28.2. The number of furan rings is 1. The average Bonchev–Trinajstić information content (AvgIpc) is 3.33. The molecule has 0 atom stereocenters. The van der Waals surface area contributed by atoms with E-state index in [0.717, 1.165) is 11.1 Å². The van der Waals surface area contributed by atoms with Crippen molar-refractivity contribution in [3.05, 3.63) is 138 Å². The molecule has 0 fully saturated rings. The molecule has 33 heavy (non-hydrogen) atoms. The number of aromatic nitrogens is 1. The summed E-state index contributed by atoms with van der Waals surface area (Å²) in [4.78, 5) is 4.30. The second kappa shape index (κ2) is 15.2. The fourth-order valence-corrected chi connectivity index (χ4v) is 2.49. The summed E-state index contributed by atoms with van der Waals surface area (Å²) < 4.78 is 49.3. The maximum atomic E-state index is 10.3. The standard InChI is InChI=1S/C17H12N2O.C6H5.C5H6N.Ir/c1-3-4-8-15(18)14-7-5-6-12-13-10-9-11(2)19-17(13)20-16(12)14;1-2-4-6-5-3-1;1-2-3-4-5-6;/h3-6,8-10H,1H2,2H3;1-5H;2-5H,1H2;/q-2;2*-1;/b8-4-;;4-3-;/i1D,3D,4D,8D;;3D,4D;/b3-1?,8-4-;;m;. The van der Waals surface area contributed by atoms with Gasteiger partial charge in [-0.3, -0.25) is 0 Å². The predicted molar refractivity (Wildman–Crippen MR) is 136 cm³/mol. The number of pyridine rings is 1. The molecular formula is C28H23IrN3O-4. The molecule has 169 valence electrons. The Morgan fingerprint density at radius 2 is 1.91 bits per heavy atom. The van der Waals surface area contributed by atoms with Gasteiger partial charge in [0.15, 0.2) is 0 Å². The molecule has 2 aromatic carbocycles. The van der Waals surface area contributed by atoms with Crippen LogP contribution in [0.5, 0.6) is 0 Å². The molecule has 0 aliphatic carbocycles. The first-order valence-electron chi connectivity index (χ1n) is 12.4. The molecular weight excluding hydrogens is 587 g/mol. The average molecular weight is 616 g/mol. The van der Waals surface area contributed by atoms with Gasteiger partial charge in [0.2, 0.25) is 5.71 Å². The van der Waals surface area contributed by atoms with E-state index in [0.29, 0.717) is 29.5 Å². The van der Waals surface area contributed by atoms with Gasteiger partial charge < -0.3 is 15.2 Å². The molecule has 0 aliphatic heterocycles. The van der Waals surface area contributed by atoms with Gasteiger partial charge in [0, 0.05) is 38.1 Å². The third-order valence-electron chi connectivity index (χ3n) is 3.78. The number of rotatable bonds is 5. The normalized spacial score (nSPS) is 14.4. The Hall–Kier alpha value is -3.66. The van der Waals surface area contributed by atoms with Crippen LogP contribution in [0.1, 0.15) is 19.5 Å². The number of allylic oxidation sites excluding steroid dienone is 6. The minimum atomic E-state index is -0.572. The van der Waals surface area contributed by atoms with Gasteiger partial charge in [-0.25, -0.2) is 10.7 Å². The quantitative estimate of drug-likeness (QED) is 0.137. The van der Waals surface area contributed by atoms with Crippen molar-refractivity contribution in [2.45, 2.75) is 6.92 Å². The summed E-state index contributed by atoms with van der Waals surface area (Å²) in [6.07, 6.45) is 1.75. The summed E-state index contributed by atoms with van der Waals surface area (Å²) in [6.45, 7) is 5.71. The summed E-state index contributed by atoms with van der Waals surface area (Å²) in [7, 11) is 0. The van der Waals surface area contributed by atoms with Crippen LogP contribution in [0.25, 0.3) is 32.9 Å². The molecule has 4 aromatic rings. The molecule has 0 unspecified atom stereocenters. The summed E-state index contributed by atoms with van der Waals surface area (Å²) in [5.74, 6) is 0. The number of nitrogens with zero attached hydrogens (tertiary/aromatic N) is 3. The number of aryl methyl sites for hydroxylation is 1. The number of benzene rings is 2. The van der Waals surface area contributed by atoms with E-state index in [2.05, 4.69) is 23.7 Å². The molecule has 4 nitrogen and oxygen atoms in total. The number of hydrogen-bond acceptors (Lipinski definition) is 2. The Kier molecular flexibility index (Phi) is 8.69. The van der Waals surface area contributed by atoms with Crippen LogP contribution in [-0.2, 0) is 20.1 Å². The van der Waals surface area contributed by atoms with E-state index < -0.39 is 23.9 Å². The molecule has 5 heteroatoms. The van der Waals surface area contributed by atoms with Crippen molar-refractivity contribution in [1.82, 2.24) is 4.98 Å². The van der Waals surface area contributed by atoms with Gasteiger partial charge in [0.1, 0.15) is 0 Å². The molecule has 0 saturated heterocycles. The summed E-state index contributed by atoms with van der Waals surface area (Å²) >= 11 is 0. The first kappa shape index (κ1) is 18.9. The van der Waals surface area contributed by atoms with Crippen molar-refractivity contribution < 1.29 is 32.7 Å². The Morgan fingerprint density at radius 3 is 2.48 bits per heavy atom. The van der Waals surface area contributed by atoms with Crippen LogP contribution >= 0.6 is 0 Å². The van der Waals surface area contributed by atoms with Crippen molar-refractivity contribution in [3.63, 3.8) is 0 Å². The van der Waals surface area contributed by atoms with Crippen LogP contribution in [0.3, 0.4) is 0 Å². The van der Waals surface area contributed by atoms with E-state index in [1.165, 1.54) is 6.08 Å². The monoisotopic (exact) mass is 616 g/mol. The van der Waals surface area contributed by atoms with Crippen LogP contribution in [0.4, 0.5) is 0 Å². The van der Waals surface area contributed by atoms with E-state index >= 15 is 0 Å². The van der Waals surface area contributed by atoms with E-state index in [-0.39, 0.29) is 37.8 Å². The third kappa shape index (κ3) is 8.41. The van der Waals surface area contributed by atoms with E-state index in [4.69, 9.17) is 18.1 Å². The zero-order valence-corrected chi connectivity index (χ0v) is 20.1. The van der Waals surface area contributed by atoms with Crippen LogP contribution in [0.2, 0.25) is 0 Å². The molecule has 0 spiro atoms. The molecule has 0 amide bonds. The Balaban J connectivity index is 0.000000417. The topological polar surface area (TPSA) is 70.6 Å². The van der Waals surface area contributed by atoms with Crippen molar-refractivity contribution in [2.75, 3.05) is 0 Å². The van der Waals surface area contributed by atoms with Gasteiger partial charge in [0.05, 0.1) is 6.85 Å². The molecule has 0 N–H and O–H groups in total. The first-order chi connectivity index (χ1) is 18.2. The molecule has 0 bridgehead atoms. The summed E-state index contributed by atoms with van der Waals surface area (Å²) in [5, 5.41) is 19.9. The van der Waals surface area contributed by atoms with Gasteiger partial charge in [0.25, 0.3) is 0 Å². The fourth-order valence-electron chi connectivity index (χ4n) is 2.49. The van der Waals surface area contributed by atoms with E-state index in [9.17, 15) is 5.41 Å².